The van der Waals surface area contributed by atoms with Gasteiger partial charge in [-0.1, -0.05) is 6.07 Å². The van der Waals surface area contributed by atoms with E-state index >= 15 is 0 Å². The third kappa shape index (κ3) is 5.46. The third-order valence-electron chi connectivity index (χ3n) is 2.41. The number of hydrogen-bond acceptors (Lipinski definition) is 3. The average molecular weight is 276 g/mol. The van der Waals surface area contributed by atoms with Gasteiger partial charge >= 0.3 is 6.18 Å². The normalized spacial score (nSPS) is 14.3. The van der Waals surface area contributed by atoms with Crippen molar-refractivity contribution >= 4 is 0 Å². The Bertz CT molecular complexity index is 413. The molecule has 0 radical (unpaired) electrons. The minimum atomic E-state index is -4.40. The molecular weight excluding hydrogens is 257 g/mol. The Morgan fingerprint density at radius 2 is 1.95 bits per heavy atom. The van der Waals surface area contributed by atoms with Crippen LogP contribution in [-0.4, -0.2) is 22.8 Å². The summed E-state index contributed by atoms with van der Waals surface area (Å²) in [6, 6.07) is 3.37. The third-order valence-corrected chi connectivity index (χ3v) is 2.41. The monoisotopic (exact) mass is 276 g/mol. The standard InChI is InChI=1S/C13H19F3N2O/c1-9(13(14,15)16)19-11-10(6-5-7-17-11)8-18-12(2,3)4/h5-7,9,18H,8H2,1-4H3. The molecule has 0 saturated carbocycles. The van der Waals surface area contributed by atoms with Gasteiger partial charge in [-0.05, 0) is 33.8 Å². The van der Waals surface area contributed by atoms with Gasteiger partial charge in [0.05, 0.1) is 0 Å². The van der Waals surface area contributed by atoms with Gasteiger partial charge in [0, 0.05) is 23.8 Å². The van der Waals surface area contributed by atoms with E-state index in [9.17, 15) is 13.2 Å². The van der Waals surface area contributed by atoms with E-state index in [1.165, 1.54) is 6.20 Å². The zero-order chi connectivity index (χ0) is 14.7. The summed E-state index contributed by atoms with van der Waals surface area (Å²) in [5.74, 6) is 0.0177. The zero-order valence-corrected chi connectivity index (χ0v) is 11.5. The lowest BCUT2D eigenvalue weighted by Gasteiger charge is -2.22. The molecule has 0 aliphatic rings. The van der Waals surface area contributed by atoms with Crippen LogP contribution in [0.25, 0.3) is 0 Å². The Labute approximate surface area is 111 Å². The summed E-state index contributed by atoms with van der Waals surface area (Å²) in [6.07, 6.45) is -4.86. The summed E-state index contributed by atoms with van der Waals surface area (Å²) < 4.78 is 42.3. The SMILES string of the molecule is CC(Oc1ncccc1CNC(C)(C)C)C(F)(F)F. The molecule has 0 spiro atoms. The van der Waals surface area contributed by atoms with Crippen molar-refractivity contribution in [3.05, 3.63) is 23.9 Å². The quantitative estimate of drug-likeness (QED) is 0.916. The molecule has 3 nitrogen and oxygen atoms in total. The van der Waals surface area contributed by atoms with Crippen LogP contribution in [0.5, 0.6) is 5.88 Å². The fraction of sp³-hybridized carbons (Fsp3) is 0.615. The first-order valence-electron chi connectivity index (χ1n) is 6.02. The number of alkyl halides is 3. The van der Waals surface area contributed by atoms with Gasteiger partial charge in [-0.15, -0.1) is 0 Å². The highest BCUT2D eigenvalue weighted by Crippen LogP contribution is 2.25. The molecular formula is C13H19F3N2O. The van der Waals surface area contributed by atoms with E-state index in [0.29, 0.717) is 12.1 Å². The van der Waals surface area contributed by atoms with Gasteiger partial charge in [0.1, 0.15) is 0 Å². The first-order chi connectivity index (χ1) is 8.59. The van der Waals surface area contributed by atoms with Gasteiger partial charge < -0.3 is 10.1 Å². The van der Waals surface area contributed by atoms with Gasteiger partial charge in [-0.3, -0.25) is 0 Å². The second-order valence-corrected chi connectivity index (χ2v) is 5.37. The summed E-state index contributed by atoms with van der Waals surface area (Å²) in [7, 11) is 0. The molecule has 1 aromatic heterocycles. The summed E-state index contributed by atoms with van der Waals surface area (Å²) >= 11 is 0. The predicted molar refractivity (Wildman–Crippen MR) is 67.0 cm³/mol. The van der Waals surface area contributed by atoms with Crippen LogP contribution >= 0.6 is 0 Å². The lowest BCUT2D eigenvalue weighted by atomic mass is 10.1. The van der Waals surface area contributed by atoms with E-state index < -0.39 is 12.3 Å². The molecule has 0 fully saturated rings. The highest BCUT2D eigenvalue weighted by atomic mass is 19.4. The molecule has 0 amide bonds. The Kier molecular flexibility index (Phi) is 4.79. The van der Waals surface area contributed by atoms with E-state index in [2.05, 4.69) is 10.3 Å². The van der Waals surface area contributed by atoms with Gasteiger partial charge in [-0.2, -0.15) is 13.2 Å². The minimum absolute atomic E-state index is 0.0177. The van der Waals surface area contributed by atoms with Crippen molar-refractivity contribution in [3.63, 3.8) is 0 Å². The Balaban J connectivity index is 2.79. The molecule has 0 saturated heterocycles. The van der Waals surface area contributed by atoms with Crippen molar-refractivity contribution < 1.29 is 17.9 Å². The van der Waals surface area contributed by atoms with E-state index in [1.54, 1.807) is 12.1 Å². The first kappa shape index (κ1) is 15.8. The average Bonchev–Trinajstić information content (AvgIpc) is 2.25. The molecule has 1 atom stereocenters. The molecule has 1 N–H and O–H groups in total. The first-order valence-corrected chi connectivity index (χ1v) is 6.02. The van der Waals surface area contributed by atoms with Gasteiger partial charge in [0.2, 0.25) is 5.88 Å². The molecule has 1 heterocycles. The molecule has 1 aromatic rings. The van der Waals surface area contributed by atoms with Crippen LogP contribution in [-0.2, 0) is 6.54 Å². The zero-order valence-electron chi connectivity index (χ0n) is 11.5. The molecule has 0 bridgehead atoms. The number of nitrogens with zero attached hydrogens (tertiary/aromatic N) is 1. The summed E-state index contributed by atoms with van der Waals surface area (Å²) in [5.41, 5.74) is 0.469. The van der Waals surface area contributed by atoms with Crippen LogP contribution < -0.4 is 10.1 Å². The van der Waals surface area contributed by atoms with Gasteiger partial charge in [-0.25, -0.2) is 4.98 Å². The lowest BCUT2D eigenvalue weighted by Crippen LogP contribution is -2.36. The molecule has 0 aromatic carbocycles. The van der Waals surface area contributed by atoms with Crippen LogP contribution in [0.4, 0.5) is 13.2 Å². The summed E-state index contributed by atoms with van der Waals surface area (Å²) in [4.78, 5) is 3.87. The maximum atomic E-state index is 12.5. The Morgan fingerprint density at radius 1 is 1.32 bits per heavy atom. The molecule has 1 rings (SSSR count). The summed E-state index contributed by atoms with van der Waals surface area (Å²) in [5, 5.41) is 3.19. The number of hydrogen-bond donors (Lipinski definition) is 1. The number of aromatic nitrogens is 1. The highest BCUT2D eigenvalue weighted by molar-refractivity contribution is 5.25. The molecule has 6 heteroatoms. The molecule has 0 aliphatic carbocycles. The second-order valence-electron chi connectivity index (χ2n) is 5.37. The van der Waals surface area contributed by atoms with Crippen LogP contribution in [0.2, 0.25) is 0 Å². The number of ether oxygens (including phenoxy) is 1. The van der Waals surface area contributed by atoms with E-state index in [1.807, 2.05) is 20.8 Å². The molecule has 0 aliphatic heterocycles. The van der Waals surface area contributed by atoms with Gasteiger partial charge in [0.25, 0.3) is 0 Å². The van der Waals surface area contributed by atoms with Crippen molar-refractivity contribution in [3.8, 4) is 5.88 Å². The van der Waals surface area contributed by atoms with Crippen LogP contribution in [0, 0.1) is 0 Å². The molecule has 19 heavy (non-hydrogen) atoms. The largest absolute Gasteiger partial charge is 0.465 e. The van der Waals surface area contributed by atoms with Crippen molar-refractivity contribution in [1.29, 1.82) is 0 Å². The minimum Gasteiger partial charge on any atom is -0.465 e. The van der Waals surface area contributed by atoms with Crippen molar-refractivity contribution in [2.45, 2.75) is 52.1 Å². The van der Waals surface area contributed by atoms with Crippen molar-refractivity contribution in [1.82, 2.24) is 10.3 Å². The second kappa shape index (κ2) is 5.77. The Morgan fingerprint density at radius 3 is 2.47 bits per heavy atom. The van der Waals surface area contributed by atoms with Gasteiger partial charge in [0.15, 0.2) is 6.10 Å². The number of nitrogens with one attached hydrogen (secondary N) is 1. The predicted octanol–water partition coefficient (Wildman–Crippen LogP) is 3.30. The van der Waals surface area contributed by atoms with E-state index in [-0.39, 0.29) is 11.4 Å². The van der Waals surface area contributed by atoms with E-state index in [0.717, 1.165) is 6.92 Å². The fourth-order valence-electron chi connectivity index (χ4n) is 1.26. The molecule has 108 valence electrons. The highest BCUT2D eigenvalue weighted by Gasteiger charge is 2.38. The van der Waals surface area contributed by atoms with Crippen LogP contribution in [0.3, 0.4) is 0 Å². The number of rotatable bonds is 4. The maximum absolute atomic E-state index is 12.5. The van der Waals surface area contributed by atoms with Crippen LogP contribution in [0.1, 0.15) is 33.3 Å². The smallest absolute Gasteiger partial charge is 0.425 e. The maximum Gasteiger partial charge on any atom is 0.425 e. The van der Waals surface area contributed by atoms with Crippen molar-refractivity contribution in [2.75, 3.05) is 0 Å². The molecule has 1 unspecified atom stereocenters. The van der Waals surface area contributed by atoms with E-state index in [4.69, 9.17) is 4.74 Å². The van der Waals surface area contributed by atoms with Crippen molar-refractivity contribution in [2.24, 2.45) is 0 Å². The van der Waals surface area contributed by atoms with Crippen LogP contribution in [0.15, 0.2) is 18.3 Å². The lowest BCUT2D eigenvalue weighted by molar-refractivity contribution is -0.190. The fourth-order valence-corrected chi connectivity index (χ4v) is 1.26. The Hall–Kier alpha value is -1.30. The number of pyridine rings is 1. The number of halogens is 3. The topological polar surface area (TPSA) is 34.1 Å². The summed E-state index contributed by atoms with van der Waals surface area (Å²) in [6.45, 7) is 7.29.